The number of nitrogens with one attached hydrogen (secondary N) is 1. The molecule has 1 aromatic heterocycles. The van der Waals surface area contributed by atoms with Gasteiger partial charge in [0.1, 0.15) is 0 Å². The van der Waals surface area contributed by atoms with Crippen molar-refractivity contribution in [3.8, 4) is 0 Å². The van der Waals surface area contributed by atoms with Gasteiger partial charge in [0.25, 0.3) is 5.91 Å². The molecule has 6 heteroatoms. The van der Waals surface area contributed by atoms with E-state index in [9.17, 15) is 9.90 Å². The number of likely N-dealkylation sites (tertiary alicyclic amines) is 1. The minimum absolute atomic E-state index is 0.0182. The van der Waals surface area contributed by atoms with Crippen molar-refractivity contribution in [2.75, 3.05) is 18.4 Å². The molecule has 1 aliphatic rings. The smallest absolute Gasteiger partial charge is 0.253 e. The highest BCUT2D eigenvalue weighted by Gasteiger charge is 2.22. The third kappa shape index (κ3) is 3.40. The summed E-state index contributed by atoms with van der Waals surface area (Å²) in [5.74, 6) is 0.0182. The number of carbonyl (C=O) groups excluding carboxylic acids is 1. The van der Waals surface area contributed by atoms with E-state index < -0.39 is 0 Å². The van der Waals surface area contributed by atoms with Crippen LogP contribution in [0.3, 0.4) is 0 Å². The highest BCUT2D eigenvalue weighted by molar-refractivity contribution is 7.13. The number of amides is 1. The maximum atomic E-state index is 12.5. The Balaban J connectivity index is 1.71. The lowest BCUT2D eigenvalue weighted by molar-refractivity contribution is 0.0546. The van der Waals surface area contributed by atoms with Crippen molar-refractivity contribution < 1.29 is 9.90 Å². The lowest BCUT2D eigenvalue weighted by atomic mass is 10.1. The van der Waals surface area contributed by atoms with Crippen molar-refractivity contribution in [3.05, 3.63) is 41.4 Å². The number of anilines is 2. The zero-order chi connectivity index (χ0) is 14.7. The standard InChI is InChI=1S/C15H17N3O2S/c19-13-4-7-18(8-5-13)14(20)11-2-1-3-12(10-11)17-15-16-6-9-21-15/h1-3,6,9-10,13,19H,4-5,7-8H2,(H,16,17). The van der Waals surface area contributed by atoms with Crippen molar-refractivity contribution in [2.45, 2.75) is 18.9 Å². The van der Waals surface area contributed by atoms with Gasteiger partial charge in [0.2, 0.25) is 0 Å². The number of nitrogens with zero attached hydrogens (tertiary/aromatic N) is 2. The molecule has 5 nitrogen and oxygen atoms in total. The van der Waals surface area contributed by atoms with E-state index in [0.29, 0.717) is 31.5 Å². The largest absolute Gasteiger partial charge is 0.393 e. The number of aromatic nitrogens is 1. The zero-order valence-electron chi connectivity index (χ0n) is 11.5. The number of aliphatic hydroxyl groups is 1. The first kappa shape index (κ1) is 14.0. The first-order valence-electron chi connectivity index (χ1n) is 6.96. The molecule has 0 unspecified atom stereocenters. The number of hydrogen-bond donors (Lipinski definition) is 2. The third-order valence-electron chi connectivity index (χ3n) is 3.54. The van der Waals surface area contributed by atoms with Crippen LogP contribution in [0.2, 0.25) is 0 Å². The van der Waals surface area contributed by atoms with E-state index in [0.717, 1.165) is 10.8 Å². The summed E-state index contributed by atoms with van der Waals surface area (Å²) in [7, 11) is 0. The Labute approximate surface area is 127 Å². The van der Waals surface area contributed by atoms with E-state index in [2.05, 4.69) is 10.3 Å². The number of thiazole rings is 1. The minimum Gasteiger partial charge on any atom is -0.393 e. The predicted molar refractivity (Wildman–Crippen MR) is 83.0 cm³/mol. The number of aliphatic hydroxyl groups excluding tert-OH is 1. The number of rotatable bonds is 3. The summed E-state index contributed by atoms with van der Waals surface area (Å²) in [6.07, 6.45) is 2.78. The lowest BCUT2D eigenvalue weighted by Gasteiger charge is -2.29. The van der Waals surface area contributed by atoms with Crippen molar-refractivity contribution in [3.63, 3.8) is 0 Å². The van der Waals surface area contributed by atoms with Crippen LogP contribution in [0.4, 0.5) is 10.8 Å². The summed E-state index contributed by atoms with van der Waals surface area (Å²) < 4.78 is 0. The summed E-state index contributed by atoms with van der Waals surface area (Å²) in [5.41, 5.74) is 1.51. The normalized spacial score (nSPS) is 16.0. The van der Waals surface area contributed by atoms with Crippen LogP contribution in [-0.2, 0) is 0 Å². The molecule has 1 saturated heterocycles. The Morgan fingerprint density at radius 1 is 1.38 bits per heavy atom. The SMILES string of the molecule is O=C(c1cccc(Nc2nccs2)c1)N1CCC(O)CC1. The molecule has 1 aromatic carbocycles. The fourth-order valence-corrected chi connectivity index (χ4v) is 2.94. The summed E-state index contributed by atoms with van der Waals surface area (Å²) >= 11 is 1.51. The van der Waals surface area contributed by atoms with Crippen LogP contribution in [0, 0.1) is 0 Å². The van der Waals surface area contributed by atoms with Crippen molar-refractivity contribution in [2.24, 2.45) is 0 Å². The third-order valence-corrected chi connectivity index (χ3v) is 4.23. The lowest BCUT2D eigenvalue weighted by Crippen LogP contribution is -2.40. The average Bonchev–Trinajstić information content (AvgIpc) is 3.00. The Kier molecular flexibility index (Phi) is 4.17. The second kappa shape index (κ2) is 6.24. The fraction of sp³-hybridized carbons (Fsp3) is 0.333. The van der Waals surface area contributed by atoms with Crippen molar-refractivity contribution in [1.82, 2.24) is 9.88 Å². The second-order valence-electron chi connectivity index (χ2n) is 5.07. The highest BCUT2D eigenvalue weighted by atomic mass is 32.1. The Morgan fingerprint density at radius 2 is 2.19 bits per heavy atom. The zero-order valence-corrected chi connectivity index (χ0v) is 12.3. The fourth-order valence-electron chi connectivity index (χ4n) is 2.39. The van der Waals surface area contributed by atoms with Crippen LogP contribution < -0.4 is 5.32 Å². The molecule has 0 radical (unpaired) electrons. The van der Waals surface area contributed by atoms with Gasteiger partial charge in [0, 0.05) is 35.9 Å². The summed E-state index contributed by atoms with van der Waals surface area (Å²) in [6.45, 7) is 1.23. The first-order valence-corrected chi connectivity index (χ1v) is 7.84. The Morgan fingerprint density at radius 3 is 2.90 bits per heavy atom. The van der Waals surface area contributed by atoms with Gasteiger partial charge in [0.15, 0.2) is 5.13 Å². The van der Waals surface area contributed by atoms with Gasteiger partial charge in [-0.2, -0.15) is 0 Å². The predicted octanol–water partition coefficient (Wildman–Crippen LogP) is 2.48. The van der Waals surface area contributed by atoms with Gasteiger partial charge < -0.3 is 15.3 Å². The molecule has 2 heterocycles. The molecule has 1 aliphatic heterocycles. The highest BCUT2D eigenvalue weighted by Crippen LogP contribution is 2.21. The van der Waals surface area contributed by atoms with Crippen LogP contribution in [0.15, 0.2) is 35.8 Å². The van der Waals surface area contributed by atoms with Crippen LogP contribution in [0.25, 0.3) is 0 Å². The molecular formula is C15H17N3O2S. The number of benzene rings is 1. The Hall–Kier alpha value is -1.92. The van der Waals surface area contributed by atoms with E-state index in [4.69, 9.17) is 0 Å². The van der Waals surface area contributed by atoms with Gasteiger partial charge in [-0.15, -0.1) is 11.3 Å². The molecule has 1 fully saturated rings. The molecule has 2 N–H and O–H groups in total. The molecule has 0 saturated carbocycles. The van der Waals surface area contributed by atoms with Gasteiger partial charge in [-0.05, 0) is 31.0 Å². The van der Waals surface area contributed by atoms with Crippen LogP contribution in [-0.4, -0.2) is 40.1 Å². The van der Waals surface area contributed by atoms with Gasteiger partial charge in [0.05, 0.1) is 6.10 Å². The molecule has 3 rings (SSSR count). The number of carbonyl (C=O) groups is 1. The van der Waals surface area contributed by atoms with Gasteiger partial charge in [-0.1, -0.05) is 6.07 Å². The molecule has 1 amide bonds. The van der Waals surface area contributed by atoms with Crippen molar-refractivity contribution in [1.29, 1.82) is 0 Å². The minimum atomic E-state index is -0.271. The van der Waals surface area contributed by atoms with Crippen LogP contribution in [0.5, 0.6) is 0 Å². The monoisotopic (exact) mass is 303 g/mol. The van der Waals surface area contributed by atoms with Crippen LogP contribution in [0.1, 0.15) is 23.2 Å². The maximum Gasteiger partial charge on any atom is 0.253 e. The molecule has 0 spiro atoms. The molecular weight excluding hydrogens is 286 g/mol. The molecule has 0 atom stereocenters. The molecule has 0 aliphatic carbocycles. The van der Waals surface area contributed by atoms with Gasteiger partial charge in [-0.25, -0.2) is 4.98 Å². The van der Waals surface area contributed by atoms with Crippen LogP contribution >= 0.6 is 11.3 Å². The number of hydrogen-bond acceptors (Lipinski definition) is 5. The quantitative estimate of drug-likeness (QED) is 0.914. The van der Waals surface area contributed by atoms with E-state index in [1.54, 1.807) is 11.1 Å². The molecule has 2 aromatic rings. The maximum absolute atomic E-state index is 12.5. The van der Waals surface area contributed by atoms with Gasteiger partial charge in [-0.3, -0.25) is 4.79 Å². The average molecular weight is 303 g/mol. The molecule has 0 bridgehead atoms. The van der Waals surface area contributed by atoms with E-state index in [1.807, 2.05) is 29.6 Å². The van der Waals surface area contributed by atoms with Gasteiger partial charge >= 0.3 is 0 Å². The second-order valence-corrected chi connectivity index (χ2v) is 5.96. The van der Waals surface area contributed by atoms with E-state index in [1.165, 1.54) is 11.3 Å². The van der Waals surface area contributed by atoms with E-state index >= 15 is 0 Å². The Bertz CT molecular complexity index is 607. The number of piperidine rings is 1. The molecule has 110 valence electrons. The summed E-state index contributed by atoms with van der Waals surface area (Å²) in [6, 6.07) is 7.44. The van der Waals surface area contributed by atoms with Crippen molar-refractivity contribution >= 4 is 28.1 Å². The topological polar surface area (TPSA) is 65.5 Å². The summed E-state index contributed by atoms with van der Waals surface area (Å²) in [4.78, 5) is 18.4. The first-order chi connectivity index (χ1) is 10.2. The van der Waals surface area contributed by atoms with E-state index in [-0.39, 0.29) is 12.0 Å². The summed E-state index contributed by atoms with van der Waals surface area (Å²) in [5, 5.41) is 15.4. The molecule has 21 heavy (non-hydrogen) atoms.